The van der Waals surface area contributed by atoms with Crippen molar-refractivity contribution in [2.45, 2.75) is 38.8 Å². The molecule has 1 aromatic rings. The van der Waals surface area contributed by atoms with Crippen LogP contribution in [-0.4, -0.2) is 18.5 Å². The highest BCUT2D eigenvalue weighted by molar-refractivity contribution is 7.10. The van der Waals surface area contributed by atoms with Gasteiger partial charge in [-0.2, -0.15) is 0 Å². The molecule has 1 fully saturated rings. The molecular formula is C12H19ClN2OS. The Labute approximate surface area is 112 Å². The van der Waals surface area contributed by atoms with Crippen molar-refractivity contribution in [2.75, 3.05) is 6.54 Å². The van der Waals surface area contributed by atoms with Gasteiger partial charge in [0, 0.05) is 4.88 Å². The number of hydrogen-bond acceptors (Lipinski definition) is 3. The molecule has 5 heteroatoms. The molecule has 17 heavy (non-hydrogen) atoms. The fraction of sp³-hybridized carbons (Fsp3) is 0.583. The summed E-state index contributed by atoms with van der Waals surface area (Å²) in [5.41, 5.74) is 1.27. The Balaban J connectivity index is 0.00000144. The molecule has 0 aliphatic carbocycles. The molecule has 1 saturated heterocycles. The average Bonchev–Trinajstić information content (AvgIpc) is 2.73. The van der Waals surface area contributed by atoms with Gasteiger partial charge in [0.05, 0.1) is 12.6 Å². The van der Waals surface area contributed by atoms with Crippen LogP contribution in [0.2, 0.25) is 0 Å². The van der Waals surface area contributed by atoms with Gasteiger partial charge in [-0.05, 0) is 43.3 Å². The standard InChI is InChI=1S/C12H18N2OS.ClH/c1-9-5-7-16-11(9)8-14-12(15)10-4-2-3-6-13-10;/h5,7,10,13H,2-4,6,8H2,1H3,(H,14,15);1H/t10-;/m0./s1. The fourth-order valence-electron chi connectivity index (χ4n) is 1.95. The lowest BCUT2D eigenvalue weighted by atomic mass is 10.0. The second-order valence-electron chi connectivity index (χ2n) is 4.25. The summed E-state index contributed by atoms with van der Waals surface area (Å²) in [6.07, 6.45) is 3.31. The van der Waals surface area contributed by atoms with E-state index in [9.17, 15) is 4.79 Å². The second kappa shape index (κ2) is 6.99. The SMILES string of the molecule is Cc1ccsc1CNC(=O)[C@@H]1CCCCN1.Cl. The van der Waals surface area contributed by atoms with E-state index in [1.165, 1.54) is 16.9 Å². The largest absolute Gasteiger partial charge is 0.350 e. The lowest BCUT2D eigenvalue weighted by Gasteiger charge is -2.22. The first-order chi connectivity index (χ1) is 7.77. The van der Waals surface area contributed by atoms with Gasteiger partial charge in [-0.25, -0.2) is 0 Å². The Bertz CT molecular complexity index is 361. The van der Waals surface area contributed by atoms with Gasteiger partial charge < -0.3 is 10.6 Å². The van der Waals surface area contributed by atoms with Gasteiger partial charge in [0.25, 0.3) is 0 Å². The molecule has 0 bridgehead atoms. The van der Waals surface area contributed by atoms with Crippen molar-refractivity contribution in [1.29, 1.82) is 0 Å². The summed E-state index contributed by atoms with van der Waals surface area (Å²) in [6.45, 7) is 3.72. The molecule has 1 aliphatic heterocycles. The van der Waals surface area contributed by atoms with Gasteiger partial charge in [-0.15, -0.1) is 23.7 Å². The summed E-state index contributed by atoms with van der Waals surface area (Å²) in [7, 11) is 0. The molecule has 1 aliphatic rings. The van der Waals surface area contributed by atoms with Crippen LogP contribution < -0.4 is 10.6 Å². The first-order valence-corrected chi connectivity index (χ1v) is 6.69. The van der Waals surface area contributed by atoms with Crippen LogP contribution in [0.3, 0.4) is 0 Å². The number of rotatable bonds is 3. The van der Waals surface area contributed by atoms with Crippen molar-refractivity contribution >= 4 is 29.7 Å². The molecule has 1 atom stereocenters. The Kier molecular flexibility index (Phi) is 5.95. The molecule has 0 saturated carbocycles. The van der Waals surface area contributed by atoms with Crippen LogP contribution in [-0.2, 0) is 11.3 Å². The highest BCUT2D eigenvalue weighted by atomic mass is 35.5. The highest BCUT2D eigenvalue weighted by Crippen LogP contribution is 2.15. The predicted octanol–water partition coefficient (Wildman–Crippen LogP) is 2.24. The highest BCUT2D eigenvalue weighted by Gasteiger charge is 2.19. The van der Waals surface area contributed by atoms with E-state index in [-0.39, 0.29) is 24.4 Å². The summed E-state index contributed by atoms with van der Waals surface area (Å²) < 4.78 is 0. The molecule has 96 valence electrons. The zero-order valence-electron chi connectivity index (χ0n) is 9.99. The molecule has 2 rings (SSSR count). The van der Waals surface area contributed by atoms with Crippen LogP contribution in [0.1, 0.15) is 29.7 Å². The Morgan fingerprint density at radius 3 is 3.00 bits per heavy atom. The quantitative estimate of drug-likeness (QED) is 0.888. The first-order valence-electron chi connectivity index (χ1n) is 5.81. The molecule has 0 aromatic carbocycles. The number of aryl methyl sites for hydroxylation is 1. The molecule has 2 N–H and O–H groups in total. The summed E-state index contributed by atoms with van der Waals surface area (Å²) in [5, 5.41) is 8.32. The normalized spacial score (nSPS) is 19.5. The Morgan fingerprint density at radius 1 is 1.59 bits per heavy atom. The minimum absolute atomic E-state index is 0. The molecule has 0 unspecified atom stereocenters. The van der Waals surface area contributed by atoms with E-state index in [1.807, 2.05) is 0 Å². The van der Waals surface area contributed by atoms with Gasteiger partial charge in [0.15, 0.2) is 0 Å². The van der Waals surface area contributed by atoms with Gasteiger partial charge >= 0.3 is 0 Å². The van der Waals surface area contributed by atoms with Gasteiger partial charge in [-0.1, -0.05) is 6.42 Å². The van der Waals surface area contributed by atoms with E-state index >= 15 is 0 Å². The maximum absolute atomic E-state index is 11.8. The molecule has 3 nitrogen and oxygen atoms in total. The minimum atomic E-state index is 0. The fourth-order valence-corrected chi connectivity index (χ4v) is 2.80. The number of piperidine rings is 1. The van der Waals surface area contributed by atoms with Crippen LogP contribution in [0.15, 0.2) is 11.4 Å². The van der Waals surface area contributed by atoms with Crippen LogP contribution in [0.4, 0.5) is 0 Å². The van der Waals surface area contributed by atoms with E-state index in [1.54, 1.807) is 11.3 Å². The number of thiophene rings is 1. The van der Waals surface area contributed by atoms with Gasteiger partial charge in [0.2, 0.25) is 5.91 Å². The van der Waals surface area contributed by atoms with Crippen molar-refractivity contribution < 1.29 is 4.79 Å². The summed E-state index contributed by atoms with van der Waals surface area (Å²) in [4.78, 5) is 13.1. The maximum atomic E-state index is 11.8. The van der Waals surface area contributed by atoms with Crippen LogP contribution in [0.25, 0.3) is 0 Å². The van der Waals surface area contributed by atoms with Crippen molar-refractivity contribution in [1.82, 2.24) is 10.6 Å². The zero-order chi connectivity index (χ0) is 11.4. The van der Waals surface area contributed by atoms with E-state index in [0.717, 1.165) is 19.4 Å². The summed E-state index contributed by atoms with van der Waals surface area (Å²) >= 11 is 1.70. The van der Waals surface area contributed by atoms with E-state index < -0.39 is 0 Å². The Hall–Kier alpha value is -0.580. The van der Waals surface area contributed by atoms with Crippen LogP contribution in [0.5, 0.6) is 0 Å². The van der Waals surface area contributed by atoms with Crippen molar-refractivity contribution in [3.8, 4) is 0 Å². The first kappa shape index (κ1) is 14.5. The molecule has 2 heterocycles. The van der Waals surface area contributed by atoms with E-state index in [0.29, 0.717) is 6.54 Å². The van der Waals surface area contributed by atoms with Gasteiger partial charge in [-0.3, -0.25) is 4.79 Å². The lowest BCUT2D eigenvalue weighted by molar-refractivity contribution is -0.123. The number of carbonyl (C=O) groups is 1. The zero-order valence-corrected chi connectivity index (χ0v) is 11.6. The Morgan fingerprint density at radius 2 is 2.41 bits per heavy atom. The number of carbonyl (C=O) groups excluding carboxylic acids is 1. The third-order valence-corrected chi connectivity index (χ3v) is 4.04. The molecular weight excluding hydrogens is 256 g/mol. The number of amides is 1. The number of hydrogen-bond donors (Lipinski definition) is 2. The lowest BCUT2D eigenvalue weighted by Crippen LogP contribution is -2.46. The molecule has 0 spiro atoms. The van der Waals surface area contributed by atoms with Crippen molar-refractivity contribution in [3.63, 3.8) is 0 Å². The van der Waals surface area contributed by atoms with Gasteiger partial charge in [0.1, 0.15) is 0 Å². The maximum Gasteiger partial charge on any atom is 0.237 e. The van der Waals surface area contributed by atoms with Crippen LogP contribution >= 0.6 is 23.7 Å². The van der Waals surface area contributed by atoms with Crippen LogP contribution in [0, 0.1) is 6.92 Å². The molecule has 0 radical (unpaired) electrons. The molecule has 1 aromatic heterocycles. The number of nitrogens with one attached hydrogen (secondary N) is 2. The number of halogens is 1. The van der Waals surface area contributed by atoms with E-state index in [4.69, 9.17) is 0 Å². The third kappa shape index (κ3) is 3.98. The third-order valence-electron chi connectivity index (χ3n) is 3.02. The summed E-state index contributed by atoms with van der Waals surface area (Å²) in [5.74, 6) is 0.146. The second-order valence-corrected chi connectivity index (χ2v) is 5.25. The topological polar surface area (TPSA) is 41.1 Å². The smallest absolute Gasteiger partial charge is 0.237 e. The predicted molar refractivity (Wildman–Crippen MR) is 73.8 cm³/mol. The summed E-state index contributed by atoms with van der Waals surface area (Å²) in [6, 6.07) is 2.11. The van der Waals surface area contributed by atoms with Crippen molar-refractivity contribution in [2.24, 2.45) is 0 Å². The van der Waals surface area contributed by atoms with Crippen molar-refractivity contribution in [3.05, 3.63) is 21.9 Å². The monoisotopic (exact) mass is 274 g/mol. The minimum Gasteiger partial charge on any atom is -0.350 e. The average molecular weight is 275 g/mol. The van der Waals surface area contributed by atoms with E-state index in [2.05, 4.69) is 29.0 Å². The molecule has 1 amide bonds.